The quantitative estimate of drug-likeness (QED) is 0.710. The molecule has 0 radical (unpaired) electrons. The Balaban J connectivity index is 0.000000791. The van der Waals surface area contributed by atoms with Gasteiger partial charge in [-0.05, 0) is 18.1 Å². The molecule has 0 aliphatic rings. The van der Waals surface area contributed by atoms with Crippen molar-refractivity contribution in [2.24, 2.45) is 0 Å². The number of thiophene rings is 1. The van der Waals surface area contributed by atoms with Crippen molar-refractivity contribution in [3.05, 3.63) is 21.9 Å². The topological polar surface area (TPSA) is 17.1 Å². The zero-order valence-corrected chi connectivity index (χ0v) is 8.71. The SMILES string of the molecule is C=O.CC(C)c1ccc(C(F)(F)F)s1. The molecule has 1 nitrogen and oxygen atoms in total. The minimum absolute atomic E-state index is 0.172. The van der Waals surface area contributed by atoms with Crippen molar-refractivity contribution in [2.45, 2.75) is 25.9 Å². The van der Waals surface area contributed by atoms with E-state index in [4.69, 9.17) is 4.79 Å². The highest BCUT2D eigenvalue weighted by molar-refractivity contribution is 7.12. The maximum Gasteiger partial charge on any atom is 0.425 e. The second kappa shape index (κ2) is 5.14. The third-order valence-corrected chi connectivity index (χ3v) is 2.91. The lowest BCUT2D eigenvalue weighted by molar-refractivity contribution is -0.134. The summed E-state index contributed by atoms with van der Waals surface area (Å²) < 4.78 is 36.2. The van der Waals surface area contributed by atoms with Gasteiger partial charge in [0.1, 0.15) is 11.7 Å². The van der Waals surface area contributed by atoms with E-state index in [2.05, 4.69) is 0 Å². The smallest absolute Gasteiger partial charge is 0.307 e. The third kappa shape index (κ3) is 3.49. The van der Waals surface area contributed by atoms with E-state index < -0.39 is 11.1 Å². The van der Waals surface area contributed by atoms with Gasteiger partial charge in [-0.3, -0.25) is 0 Å². The maximum atomic E-state index is 12.1. The van der Waals surface area contributed by atoms with Gasteiger partial charge in [-0.25, -0.2) is 0 Å². The van der Waals surface area contributed by atoms with Crippen LogP contribution in [-0.2, 0) is 11.0 Å². The van der Waals surface area contributed by atoms with Gasteiger partial charge in [0.05, 0.1) is 0 Å². The van der Waals surface area contributed by atoms with Crippen molar-refractivity contribution in [1.82, 2.24) is 0 Å². The molecular weight excluding hydrogens is 213 g/mol. The largest absolute Gasteiger partial charge is 0.425 e. The van der Waals surface area contributed by atoms with E-state index in [1.807, 2.05) is 20.6 Å². The number of rotatable bonds is 1. The molecule has 0 aromatic carbocycles. The molecule has 0 bridgehead atoms. The van der Waals surface area contributed by atoms with E-state index >= 15 is 0 Å². The lowest BCUT2D eigenvalue weighted by atomic mass is 10.2. The molecule has 1 rings (SSSR count). The van der Waals surface area contributed by atoms with Crippen LogP contribution in [0.1, 0.15) is 29.5 Å². The molecule has 0 saturated heterocycles. The average Bonchev–Trinajstić information content (AvgIpc) is 2.54. The van der Waals surface area contributed by atoms with Crippen molar-refractivity contribution in [3.63, 3.8) is 0 Å². The highest BCUT2D eigenvalue weighted by Gasteiger charge is 2.32. The molecule has 1 heterocycles. The van der Waals surface area contributed by atoms with Crippen molar-refractivity contribution >= 4 is 18.1 Å². The van der Waals surface area contributed by atoms with Gasteiger partial charge in [-0.1, -0.05) is 13.8 Å². The lowest BCUT2D eigenvalue weighted by Crippen LogP contribution is -2.00. The molecule has 0 atom stereocenters. The summed E-state index contributed by atoms with van der Waals surface area (Å²) in [5.41, 5.74) is 0. The normalized spacial score (nSPS) is 11.0. The van der Waals surface area contributed by atoms with Crippen LogP contribution in [0, 0.1) is 0 Å². The summed E-state index contributed by atoms with van der Waals surface area (Å²) in [5.74, 6) is 0.172. The number of carbonyl (C=O) groups excluding carboxylic acids is 1. The summed E-state index contributed by atoms with van der Waals surface area (Å²) in [6.07, 6.45) is -4.18. The number of hydrogen-bond donors (Lipinski definition) is 0. The predicted octanol–water partition coefficient (Wildman–Crippen LogP) is 3.71. The molecular formula is C9H11F3OS. The number of carbonyl (C=O) groups is 1. The first-order valence-corrected chi connectivity index (χ1v) is 4.68. The number of halogens is 3. The van der Waals surface area contributed by atoms with E-state index in [9.17, 15) is 13.2 Å². The summed E-state index contributed by atoms with van der Waals surface area (Å²) in [6, 6.07) is 2.68. The van der Waals surface area contributed by atoms with Crippen LogP contribution >= 0.6 is 11.3 Å². The van der Waals surface area contributed by atoms with E-state index in [1.54, 1.807) is 0 Å². The molecule has 80 valence electrons. The van der Waals surface area contributed by atoms with Gasteiger partial charge in [0.25, 0.3) is 0 Å². The zero-order chi connectivity index (χ0) is 11.4. The second-order valence-corrected chi connectivity index (χ2v) is 3.97. The van der Waals surface area contributed by atoms with E-state index in [0.29, 0.717) is 0 Å². The molecule has 0 saturated carbocycles. The lowest BCUT2D eigenvalue weighted by Gasteiger charge is -2.01. The summed E-state index contributed by atoms with van der Waals surface area (Å²) in [6.45, 7) is 5.76. The summed E-state index contributed by atoms with van der Waals surface area (Å²) in [4.78, 5) is 8.27. The molecule has 0 spiro atoms. The van der Waals surface area contributed by atoms with Crippen LogP contribution in [0.2, 0.25) is 0 Å². The Morgan fingerprint density at radius 2 is 1.79 bits per heavy atom. The molecule has 0 fully saturated rings. The van der Waals surface area contributed by atoms with E-state index in [-0.39, 0.29) is 5.92 Å². The fourth-order valence-corrected chi connectivity index (χ4v) is 1.69. The Morgan fingerprint density at radius 3 is 2.00 bits per heavy atom. The minimum atomic E-state index is -4.18. The van der Waals surface area contributed by atoms with Crippen LogP contribution in [0.3, 0.4) is 0 Å². The van der Waals surface area contributed by atoms with Gasteiger partial charge < -0.3 is 4.79 Å². The van der Waals surface area contributed by atoms with Crippen molar-refractivity contribution in [2.75, 3.05) is 0 Å². The Labute approximate surface area is 84.6 Å². The van der Waals surface area contributed by atoms with Crippen LogP contribution < -0.4 is 0 Å². The first kappa shape index (κ1) is 13.2. The highest BCUT2D eigenvalue weighted by atomic mass is 32.1. The van der Waals surface area contributed by atoms with E-state index in [0.717, 1.165) is 22.3 Å². The van der Waals surface area contributed by atoms with Crippen LogP contribution in [0.15, 0.2) is 12.1 Å². The van der Waals surface area contributed by atoms with Crippen molar-refractivity contribution in [1.29, 1.82) is 0 Å². The molecule has 0 unspecified atom stereocenters. The van der Waals surface area contributed by atoms with Gasteiger partial charge >= 0.3 is 6.18 Å². The minimum Gasteiger partial charge on any atom is -0.307 e. The standard InChI is InChI=1S/C8H9F3S.CH2O/c1-5(2)6-3-4-7(12-6)8(9,10)11;1-2/h3-5H,1-2H3;1H2. The molecule has 0 amide bonds. The fraction of sp³-hybridized carbons (Fsp3) is 0.444. The third-order valence-electron chi connectivity index (χ3n) is 1.48. The first-order chi connectivity index (χ1) is 6.41. The summed E-state index contributed by atoms with van der Waals surface area (Å²) in [5, 5.41) is 0. The van der Waals surface area contributed by atoms with Gasteiger partial charge in [-0.15, -0.1) is 11.3 Å². The van der Waals surface area contributed by atoms with Crippen LogP contribution in [0.5, 0.6) is 0 Å². The molecule has 0 N–H and O–H groups in total. The number of hydrogen-bond acceptors (Lipinski definition) is 2. The van der Waals surface area contributed by atoms with Crippen LogP contribution in [-0.4, -0.2) is 6.79 Å². The van der Waals surface area contributed by atoms with Crippen LogP contribution in [0.4, 0.5) is 13.2 Å². The Hall–Kier alpha value is -0.840. The molecule has 1 aromatic rings. The van der Waals surface area contributed by atoms with Gasteiger partial charge in [-0.2, -0.15) is 13.2 Å². The van der Waals surface area contributed by atoms with Crippen molar-refractivity contribution in [3.8, 4) is 0 Å². The predicted molar refractivity (Wildman–Crippen MR) is 50.5 cm³/mol. The second-order valence-electron chi connectivity index (χ2n) is 2.85. The molecule has 5 heteroatoms. The van der Waals surface area contributed by atoms with Crippen LogP contribution in [0.25, 0.3) is 0 Å². The molecule has 14 heavy (non-hydrogen) atoms. The number of alkyl halides is 3. The van der Waals surface area contributed by atoms with Gasteiger partial charge in [0, 0.05) is 4.88 Å². The monoisotopic (exact) mass is 224 g/mol. The van der Waals surface area contributed by atoms with Crippen molar-refractivity contribution < 1.29 is 18.0 Å². The summed E-state index contributed by atoms with van der Waals surface area (Å²) in [7, 11) is 0. The molecule has 1 aromatic heterocycles. The average molecular weight is 224 g/mol. The Kier molecular flexibility index (Phi) is 4.83. The fourth-order valence-electron chi connectivity index (χ4n) is 0.815. The summed E-state index contributed by atoms with van der Waals surface area (Å²) >= 11 is 0.823. The zero-order valence-electron chi connectivity index (χ0n) is 7.89. The first-order valence-electron chi connectivity index (χ1n) is 3.87. The Bertz CT molecular complexity index is 278. The van der Waals surface area contributed by atoms with E-state index in [1.165, 1.54) is 6.07 Å². The highest BCUT2D eigenvalue weighted by Crippen LogP contribution is 2.36. The maximum absolute atomic E-state index is 12.1. The van der Waals surface area contributed by atoms with Gasteiger partial charge in [0.2, 0.25) is 0 Å². The molecule has 0 aliphatic heterocycles. The molecule has 0 aliphatic carbocycles. The van der Waals surface area contributed by atoms with Gasteiger partial charge in [0.15, 0.2) is 0 Å². The Morgan fingerprint density at radius 1 is 1.29 bits per heavy atom.